The number of amides is 3. The summed E-state index contributed by atoms with van der Waals surface area (Å²) < 4.78 is 5.81. The summed E-state index contributed by atoms with van der Waals surface area (Å²) in [6.07, 6.45) is 3.12. The summed E-state index contributed by atoms with van der Waals surface area (Å²) in [5, 5.41) is 5.30. The minimum Gasteiger partial charge on any atom is -0.455 e. The zero-order valence-corrected chi connectivity index (χ0v) is 14.4. The van der Waals surface area contributed by atoms with Gasteiger partial charge in [-0.1, -0.05) is 30.3 Å². The van der Waals surface area contributed by atoms with E-state index in [0.717, 1.165) is 5.56 Å². The van der Waals surface area contributed by atoms with Gasteiger partial charge >= 0.3 is 6.03 Å². The molecule has 0 aliphatic carbocycles. The van der Waals surface area contributed by atoms with Crippen LogP contribution in [0.2, 0.25) is 0 Å². The number of carbonyl (C=O) groups is 2. The second kappa shape index (κ2) is 8.48. The van der Waals surface area contributed by atoms with Crippen molar-refractivity contribution in [2.24, 2.45) is 5.73 Å². The predicted molar refractivity (Wildman–Crippen MR) is 102 cm³/mol. The van der Waals surface area contributed by atoms with E-state index in [9.17, 15) is 9.59 Å². The van der Waals surface area contributed by atoms with Crippen molar-refractivity contribution in [2.45, 2.75) is 6.54 Å². The second-order valence-corrected chi connectivity index (χ2v) is 5.66. The number of benzene rings is 2. The third kappa shape index (κ3) is 5.05. The summed E-state index contributed by atoms with van der Waals surface area (Å²) in [5.74, 6) is 0.854. The molecule has 0 spiro atoms. The Morgan fingerprint density at radius 3 is 2.44 bits per heavy atom. The van der Waals surface area contributed by atoms with Gasteiger partial charge in [0.15, 0.2) is 5.75 Å². The highest BCUT2D eigenvalue weighted by atomic mass is 16.5. The monoisotopic (exact) mass is 362 g/mol. The number of pyridine rings is 1. The molecule has 4 N–H and O–H groups in total. The number of para-hydroxylation sites is 1. The van der Waals surface area contributed by atoms with E-state index in [1.54, 1.807) is 36.5 Å². The summed E-state index contributed by atoms with van der Waals surface area (Å²) in [6, 6.07) is 17.2. The molecule has 2 aromatic carbocycles. The van der Waals surface area contributed by atoms with E-state index in [-0.39, 0.29) is 5.91 Å². The van der Waals surface area contributed by atoms with Crippen LogP contribution in [0, 0.1) is 0 Å². The molecule has 0 saturated carbocycles. The van der Waals surface area contributed by atoms with Gasteiger partial charge in [0.05, 0.1) is 6.20 Å². The van der Waals surface area contributed by atoms with Crippen LogP contribution in [0.5, 0.6) is 11.5 Å². The lowest BCUT2D eigenvalue weighted by Gasteiger charge is -2.12. The maximum absolute atomic E-state index is 12.5. The van der Waals surface area contributed by atoms with E-state index in [2.05, 4.69) is 15.6 Å². The van der Waals surface area contributed by atoms with Crippen molar-refractivity contribution in [3.8, 4) is 11.5 Å². The maximum Gasteiger partial charge on any atom is 0.312 e. The normalized spacial score (nSPS) is 10.1. The highest BCUT2D eigenvalue weighted by Gasteiger charge is 2.11. The number of hydrogen-bond donors (Lipinski definition) is 3. The van der Waals surface area contributed by atoms with Gasteiger partial charge in [-0.15, -0.1) is 0 Å². The van der Waals surface area contributed by atoms with Gasteiger partial charge < -0.3 is 21.1 Å². The molecule has 3 aromatic rings. The van der Waals surface area contributed by atoms with Gasteiger partial charge in [0.1, 0.15) is 11.4 Å². The summed E-state index contributed by atoms with van der Waals surface area (Å²) >= 11 is 0. The fraction of sp³-hybridized carbons (Fsp3) is 0.0500. The van der Waals surface area contributed by atoms with Crippen molar-refractivity contribution < 1.29 is 14.3 Å². The molecule has 0 atom stereocenters. The number of urea groups is 1. The van der Waals surface area contributed by atoms with Gasteiger partial charge in [0.2, 0.25) is 0 Å². The Bertz CT molecular complexity index is 927. The molecular weight excluding hydrogens is 344 g/mol. The number of aromatic nitrogens is 1. The Balaban J connectivity index is 1.70. The molecule has 0 unspecified atom stereocenters. The minimum atomic E-state index is -0.598. The van der Waals surface area contributed by atoms with Gasteiger partial charge in [0.25, 0.3) is 5.91 Å². The highest BCUT2D eigenvalue weighted by molar-refractivity contribution is 6.04. The molecule has 0 aliphatic rings. The van der Waals surface area contributed by atoms with Crippen LogP contribution >= 0.6 is 0 Å². The number of rotatable bonds is 6. The molecule has 3 amide bonds. The highest BCUT2D eigenvalue weighted by Crippen LogP contribution is 2.28. The van der Waals surface area contributed by atoms with Crippen molar-refractivity contribution in [3.05, 3.63) is 84.2 Å². The molecule has 27 heavy (non-hydrogen) atoms. The zero-order chi connectivity index (χ0) is 19.1. The van der Waals surface area contributed by atoms with Crippen LogP contribution < -0.4 is 21.1 Å². The number of nitrogens with zero attached hydrogens (tertiary/aromatic N) is 1. The predicted octanol–water partition coefficient (Wildman–Crippen LogP) is 3.29. The fourth-order valence-electron chi connectivity index (χ4n) is 2.34. The molecule has 3 rings (SSSR count). The van der Waals surface area contributed by atoms with E-state index in [1.165, 1.54) is 6.20 Å². The standard InChI is InChI=1S/C20H18N4O3/c21-20(26)23-12-14-6-8-15(9-7-14)19(25)24-17-13-22-11-10-18(17)27-16-4-2-1-3-5-16/h1-11,13H,12H2,(H,24,25)(H3,21,23,26). The largest absolute Gasteiger partial charge is 0.455 e. The van der Waals surface area contributed by atoms with Crippen LogP contribution in [0.4, 0.5) is 10.5 Å². The van der Waals surface area contributed by atoms with Gasteiger partial charge in [-0.2, -0.15) is 0 Å². The van der Waals surface area contributed by atoms with Crippen molar-refractivity contribution in [1.29, 1.82) is 0 Å². The third-order valence-corrected chi connectivity index (χ3v) is 3.68. The quantitative estimate of drug-likeness (QED) is 0.625. The van der Waals surface area contributed by atoms with Crippen molar-refractivity contribution in [2.75, 3.05) is 5.32 Å². The van der Waals surface area contributed by atoms with E-state index in [0.29, 0.717) is 29.3 Å². The van der Waals surface area contributed by atoms with Crippen LogP contribution in [0.15, 0.2) is 73.1 Å². The molecule has 1 heterocycles. The average Bonchev–Trinajstić information content (AvgIpc) is 2.69. The van der Waals surface area contributed by atoms with Crippen LogP contribution in [-0.4, -0.2) is 16.9 Å². The van der Waals surface area contributed by atoms with E-state index < -0.39 is 6.03 Å². The average molecular weight is 362 g/mol. The Morgan fingerprint density at radius 1 is 1.00 bits per heavy atom. The summed E-state index contributed by atoms with van der Waals surface area (Å²) in [6.45, 7) is 0.300. The smallest absolute Gasteiger partial charge is 0.312 e. The van der Waals surface area contributed by atoms with Gasteiger partial charge in [0, 0.05) is 24.4 Å². The zero-order valence-electron chi connectivity index (χ0n) is 14.4. The molecule has 136 valence electrons. The van der Waals surface area contributed by atoms with Crippen molar-refractivity contribution in [1.82, 2.24) is 10.3 Å². The van der Waals surface area contributed by atoms with Crippen LogP contribution in [0.25, 0.3) is 0 Å². The lowest BCUT2D eigenvalue weighted by Crippen LogP contribution is -2.28. The first-order valence-electron chi connectivity index (χ1n) is 8.22. The van der Waals surface area contributed by atoms with Crippen molar-refractivity contribution >= 4 is 17.6 Å². The number of carbonyl (C=O) groups excluding carboxylic acids is 2. The second-order valence-electron chi connectivity index (χ2n) is 5.66. The molecule has 0 saturated heterocycles. The molecule has 1 aromatic heterocycles. The summed E-state index contributed by atoms with van der Waals surface area (Å²) in [5.41, 5.74) is 6.80. The fourth-order valence-corrected chi connectivity index (χ4v) is 2.34. The molecule has 0 fully saturated rings. The molecule has 0 radical (unpaired) electrons. The number of anilines is 1. The Labute approximate surface area is 156 Å². The van der Waals surface area contributed by atoms with E-state index in [4.69, 9.17) is 10.5 Å². The maximum atomic E-state index is 12.5. The van der Waals surface area contributed by atoms with E-state index in [1.807, 2.05) is 30.3 Å². The first-order valence-corrected chi connectivity index (χ1v) is 8.22. The van der Waals surface area contributed by atoms with Gasteiger partial charge in [-0.05, 0) is 29.8 Å². The number of nitrogens with two attached hydrogens (primary N) is 1. The topological polar surface area (TPSA) is 106 Å². The minimum absolute atomic E-state index is 0.296. The summed E-state index contributed by atoms with van der Waals surface area (Å²) in [7, 11) is 0. The Morgan fingerprint density at radius 2 is 1.74 bits per heavy atom. The molecule has 7 heteroatoms. The first kappa shape index (κ1) is 17.9. The van der Waals surface area contributed by atoms with Crippen LogP contribution in [0.3, 0.4) is 0 Å². The number of ether oxygens (including phenoxy) is 1. The lowest BCUT2D eigenvalue weighted by atomic mass is 10.1. The van der Waals surface area contributed by atoms with Gasteiger partial charge in [-0.25, -0.2) is 4.79 Å². The number of nitrogens with one attached hydrogen (secondary N) is 2. The Kier molecular flexibility index (Phi) is 5.64. The Hall–Kier alpha value is -3.87. The number of primary amides is 1. The molecule has 0 bridgehead atoms. The SMILES string of the molecule is NC(=O)NCc1ccc(C(=O)Nc2cnccc2Oc2ccccc2)cc1. The lowest BCUT2D eigenvalue weighted by molar-refractivity contribution is 0.102. The first-order chi connectivity index (χ1) is 13.1. The van der Waals surface area contributed by atoms with E-state index >= 15 is 0 Å². The molecule has 0 aliphatic heterocycles. The van der Waals surface area contributed by atoms with Gasteiger partial charge in [-0.3, -0.25) is 9.78 Å². The van der Waals surface area contributed by atoms with Crippen molar-refractivity contribution in [3.63, 3.8) is 0 Å². The molecule has 7 nitrogen and oxygen atoms in total. The van der Waals surface area contributed by atoms with Crippen LogP contribution in [0.1, 0.15) is 15.9 Å². The summed E-state index contributed by atoms with van der Waals surface area (Å²) in [4.78, 5) is 27.3. The third-order valence-electron chi connectivity index (χ3n) is 3.68. The van der Waals surface area contributed by atoms with Crippen LogP contribution in [-0.2, 0) is 6.54 Å². The number of hydrogen-bond acceptors (Lipinski definition) is 4. The molecular formula is C20H18N4O3.